The quantitative estimate of drug-likeness (QED) is 0.0960. The average molecular weight is 724 g/mol. The second-order valence-electron chi connectivity index (χ2n) is 8.62. The Balaban J connectivity index is -0.000000218. The molecule has 0 saturated carbocycles. The van der Waals surface area contributed by atoms with Gasteiger partial charge in [-0.05, 0) is 38.5 Å². The first kappa shape index (κ1) is 45.8. The first-order chi connectivity index (χ1) is 16.9. The summed E-state index contributed by atoms with van der Waals surface area (Å²) in [6.07, 6.45) is 10.7. The van der Waals surface area contributed by atoms with Crippen LogP contribution in [0.15, 0.2) is 0 Å². The van der Waals surface area contributed by atoms with Crippen LogP contribution >= 0.6 is 22.8 Å². The maximum absolute atomic E-state index is 11.1. The monoisotopic (exact) mass is 721 g/mol. The van der Waals surface area contributed by atoms with Crippen molar-refractivity contribution in [1.29, 1.82) is 0 Å². The molecule has 0 amide bonds. The van der Waals surface area contributed by atoms with E-state index in [1.54, 1.807) is 0 Å². The number of unbranched alkanes of at least 4 members (excludes halogenated alkanes) is 6. The summed E-state index contributed by atoms with van der Waals surface area (Å²) in [6.45, 7) is 13.0. The molecule has 37 heavy (non-hydrogen) atoms. The van der Waals surface area contributed by atoms with Gasteiger partial charge >= 0.3 is 40.8 Å². The second-order valence-corrected chi connectivity index (χ2v) is 14.4. The molecular weight excluding hydrogens is 669 g/mol. The van der Waals surface area contributed by atoms with Gasteiger partial charge < -0.3 is 41.9 Å². The van der Waals surface area contributed by atoms with Crippen molar-refractivity contribution in [3.63, 3.8) is 0 Å². The zero-order chi connectivity index (χ0) is 28.3. The Bertz CT molecular complexity index is 529. The molecule has 0 spiro atoms. The molecule has 9 nitrogen and oxygen atoms in total. The molecule has 0 aliphatic carbocycles. The van der Waals surface area contributed by atoms with Crippen LogP contribution < -0.4 is 14.7 Å². The molecule has 0 aromatic rings. The SMILES string of the molecule is CCCCOP(=O)([O-])CCCC.CCCCOP(=O)([O-])CCCC.CCCCOP(=O)([O-])CCCC.[Nd+3]. The maximum Gasteiger partial charge on any atom is 3.00 e. The zero-order valence-electron chi connectivity index (χ0n) is 24.2. The minimum Gasteiger partial charge on any atom is -0.778 e. The third-order valence-electron chi connectivity index (χ3n) is 4.71. The van der Waals surface area contributed by atoms with Crippen molar-refractivity contribution in [2.24, 2.45) is 0 Å². The molecule has 0 rings (SSSR count). The number of rotatable bonds is 21. The van der Waals surface area contributed by atoms with Crippen LogP contribution in [-0.2, 0) is 27.3 Å². The van der Waals surface area contributed by atoms with Crippen LogP contribution in [0.3, 0.4) is 0 Å². The Morgan fingerprint density at radius 3 is 0.784 bits per heavy atom. The molecule has 13 heteroatoms. The van der Waals surface area contributed by atoms with Crippen molar-refractivity contribution in [1.82, 2.24) is 0 Å². The van der Waals surface area contributed by atoms with E-state index in [1.807, 2.05) is 41.5 Å². The molecule has 3 atom stereocenters. The van der Waals surface area contributed by atoms with Gasteiger partial charge in [0.05, 0.1) is 19.8 Å². The Kier molecular flexibility index (Phi) is 38.0. The summed E-state index contributed by atoms with van der Waals surface area (Å²) in [6, 6.07) is 0. The average Bonchev–Trinajstić information content (AvgIpc) is 2.81. The minimum atomic E-state index is -3.49. The van der Waals surface area contributed by atoms with Crippen LogP contribution in [0, 0.1) is 40.8 Å². The molecule has 0 aliphatic rings. The number of hydrogen-bond donors (Lipinski definition) is 0. The van der Waals surface area contributed by atoms with E-state index in [0.29, 0.717) is 39.1 Å². The molecule has 3 unspecified atom stereocenters. The third-order valence-corrected chi connectivity index (χ3v) is 9.03. The zero-order valence-corrected chi connectivity index (χ0v) is 30.1. The fraction of sp³-hybridized carbons (Fsp3) is 1.00. The summed E-state index contributed by atoms with van der Waals surface area (Å²) in [7, 11) is -10.5. The Morgan fingerprint density at radius 1 is 0.432 bits per heavy atom. The van der Waals surface area contributed by atoms with Gasteiger partial charge in [0.2, 0.25) is 0 Å². The van der Waals surface area contributed by atoms with Crippen molar-refractivity contribution < 1.29 is 82.8 Å². The molecule has 0 saturated heterocycles. The topological polar surface area (TPSA) is 148 Å². The van der Waals surface area contributed by atoms with E-state index >= 15 is 0 Å². The normalized spacial score (nSPS) is 15.5. The van der Waals surface area contributed by atoms with Gasteiger partial charge in [-0.15, -0.1) is 0 Å². The molecular formula is C24H54NdO9P3. The summed E-state index contributed by atoms with van der Waals surface area (Å²) in [4.78, 5) is 33.2. The van der Waals surface area contributed by atoms with Gasteiger partial charge in [0.15, 0.2) is 0 Å². The smallest absolute Gasteiger partial charge is 0.778 e. The van der Waals surface area contributed by atoms with Gasteiger partial charge in [0.25, 0.3) is 0 Å². The van der Waals surface area contributed by atoms with E-state index in [4.69, 9.17) is 13.6 Å². The van der Waals surface area contributed by atoms with Gasteiger partial charge in [-0.25, -0.2) is 0 Å². The third kappa shape index (κ3) is 40.0. The van der Waals surface area contributed by atoms with Crippen molar-refractivity contribution in [3.8, 4) is 0 Å². The van der Waals surface area contributed by atoms with Gasteiger partial charge in [-0.1, -0.05) is 80.1 Å². The number of hydrogen-bond acceptors (Lipinski definition) is 9. The van der Waals surface area contributed by atoms with E-state index < -0.39 is 22.8 Å². The molecule has 0 bridgehead atoms. The summed E-state index contributed by atoms with van der Waals surface area (Å²) in [5, 5.41) is 0. The van der Waals surface area contributed by atoms with Crippen molar-refractivity contribution in [2.75, 3.05) is 38.3 Å². The van der Waals surface area contributed by atoms with Gasteiger partial charge in [-0.3, -0.25) is 0 Å². The van der Waals surface area contributed by atoms with E-state index in [-0.39, 0.29) is 59.3 Å². The van der Waals surface area contributed by atoms with Crippen LogP contribution in [-0.4, -0.2) is 38.3 Å². The van der Waals surface area contributed by atoms with Crippen LogP contribution in [0.2, 0.25) is 0 Å². The van der Waals surface area contributed by atoms with E-state index in [9.17, 15) is 28.4 Å². The molecule has 0 aromatic carbocycles. The molecule has 223 valence electrons. The molecule has 0 aromatic heterocycles. The standard InChI is InChI=1S/3C8H19O3P.Nd/c3*1-3-5-7-11-12(9,10)8-6-4-2;/h3*3-8H2,1-2H3,(H,9,10);/q;;;+3/p-3. The minimum absolute atomic E-state index is 0. The maximum atomic E-state index is 11.1. The van der Waals surface area contributed by atoms with E-state index in [0.717, 1.165) is 57.8 Å². The Morgan fingerprint density at radius 2 is 0.622 bits per heavy atom. The van der Waals surface area contributed by atoms with Gasteiger partial charge in [-0.2, -0.15) is 0 Å². The molecule has 1 radical (unpaired) electrons. The predicted molar refractivity (Wildman–Crippen MR) is 145 cm³/mol. The Labute approximate surface area is 260 Å². The van der Waals surface area contributed by atoms with Crippen LogP contribution in [0.25, 0.3) is 0 Å². The summed E-state index contributed by atoms with van der Waals surface area (Å²) >= 11 is 0. The molecule has 0 heterocycles. The van der Waals surface area contributed by atoms with Crippen LogP contribution in [0.5, 0.6) is 0 Å². The first-order valence-corrected chi connectivity index (χ1v) is 18.9. The predicted octanol–water partition coefficient (Wildman–Crippen LogP) is 6.47. The van der Waals surface area contributed by atoms with Gasteiger partial charge in [0, 0.05) is 18.5 Å². The molecule has 0 N–H and O–H groups in total. The first-order valence-electron chi connectivity index (χ1n) is 13.7. The largest absolute Gasteiger partial charge is 3.00 e. The van der Waals surface area contributed by atoms with Crippen molar-refractivity contribution in [2.45, 2.75) is 119 Å². The van der Waals surface area contributed by atoms with E-state index in [2.05, 4.69) is 0 Å². The fourth-order valence-electron chi connectivity index (χ4n) is 2.29. The fourth-order valence-corrected chi connectivity index (χ4v) is 6.01. The molecule has 0 aliphatic heterocycles. The second kappa shape index (κ2) is 30.8. The Hall–Kier alpha value is 1.80. The summed E-state index contributed by atoms with van der Waals surface area (Å²) < 4.78 is 47.5. The van der Waals surface area contributed by atoms with Crippen molar-refractivity contribution in [3.05, 3.63) is 0 Å². The van der Waals surface area contributed by atoms with Crippen LogP contribution in [0.4, 0.5) is 0 Å². The summed E-state index contributed by atoms with van der Waals surface area (Å²) in [5.74, 6) is 0. The van der Waals surface area contributed by atoms with E-state index in [1.165, 1.54) is 0 Å². The van der Waals surface area contributed by atoms with Crippen LogP contribution in [0.1, 0.15) is 119 Å². The summed E-state index contributed by atoms with van der Waals surface area (Å²) in [5.41, 5.74) is 0. The van der Waals surface area contributed by atoms with Crippen molar-refractivity contribution >= 4 is 22.8 Å². The van der Waals surface area contributed by atoms with Gasteiger partial charge in [0.1, 0.15) is 22.8 Å². The molecule has 0 fully saturated rings.